The van der Waals surface area contributed by atoms with Crippen molar-refractivity contribution in [2.75, 3.05) is 13.2 Å². The first kappa shape index (κ1) is 16.8. The number of aryl methyl sites for hydroxylation is 1. The average Bonchev–Trinajstić information content (AvgIpc) is 2.62. The summed E-state index contributed by atoms with van der Waals surface area (Å²) in [7, 11) is 0. The molecule has 1 heterocycles. The van der Waals surface area contributed by atoms with E-state index in [-0.39, 0.29) is 40.0 Å². The zero-order chi connectivity index (χ0) is 8.65. The molecule has 0 spiro atoms. The second kappa shape index (κ2) is 11.5. The van der Waals surface area contributed by atoms with Crippen LogP contribution in [0.5, 0.6) is 0 Å². The van der Waals surface area contributed by atoms with Crippen LogP contribution in [-0.2, 0) is 4.74 Å². The molecule has 1 fully saturated rings. The molecular formula is C11H15BrMgO. The second-order valence-corrected chi connectivity index (χ2v) is 2.90. The minimum absolute atomic E-state index is 0. The summed E-state index contributed by atoms with van der Waals surface area (Å²) < 4.78 is 4.94. The largest absolute Gasteiger partial charge is 2.00 e. The van der Waals surface area contributed by atoms with E-state index < -0.39 is 0 Å². The quantitative estimate of drug-likeness (QED) is 0.442. The van der Waals surface area contributed by atoms with Gasteiger partial charge < -0.3 is 21.7 Å². The summed E-state index contributed by atoms with van der Waals surface area (Å²) in [5.74, 6) is 0. The van der Waals surface area contributed by atoms with Crippen molar-refractivity contribution in [3.8, 4) is 0 Å². The maximum absolute atomic E-state index is 4.94. The maximum atomic E-state index is 4.94. The predicted octanol–water partition coefficient (Wildman–Crippen LogP) is -0.785. The van der Waals surface area contributed by atoms with Crippen LogP contribution in [0.2, 0.25) is 0 Å². The molecule has 0 atom stereocenters. The summed E-state index contributed by atoms with van der Waals surface area (Å²) in [4.78, 5) is 0. The van der Waals surface area contributed by atoms with E-state index in [1.165, 1.54) is 18.4 Å². The Morgan fingerprint density at radius 1 is 1.14 bits per heavy atom. The summed E-state index contributed by atoms with van der Waals surface area (Å²) >= 11 is 0. The van der Waals surface area contributed by atoms with Crippen molar-refractivity contribution in [3.63, 3.8) is 0 Å². The number of halogens is 1. The molecule has 0 aromatic heterocycles. The number of benzene rings is 1. The van der Waals surface area contributed by atoms with Crippen LogP contribution in [0.15, 0.2) is 24.3 Å². The van der Waals surface area contributed by atoms with Crippen molar-refractivity contribution < 1.29 is 21.7 Å². The van der Waals surface area contributed by atoms with Gasteiger partial charge in [-0.15, -0.1) is 0 Å². The maximum Gasteiger partial charge on any atom is 2.00 e. The van der Waals surface area contributed by atoms with Gasteiger partial charge in [0.2, 0.25) is 0 Å². The molecule has 0 aliphatic carbocycles. The van der Waals surface area contributed by atoms with Crippen molar-refractivity contribution in [1.82, 2.24) is 0 Å². The molecular weight excluding hydrogens is 252 g/mol. The molecule has 1 aromatic carbocycles. The number of rotatable bonds is 0. The normalized spacial score (nSPS) is 12.9. The van der Waals surface area contributed by atoms with Crippen molar-refractivity contribution in [2.45, 2.75) is 19.8 Å². The minimum atomic E-state index is 0. The van der Waals surface area contributed by atoms with Gasteiger partial charge in [-0.05, 0) is 12.8 Å². The molecule has 1 aromatic rings. The third-order valence-electron chi connectivity index (χ3n) is 1.71. The molecule has 0 bridgehead atoms. The Balaban J connectivity index is 0. The van der Waals surface area contributed by atoms with Crippen molar-refractivity contribution >= 4 is 23.1 Å². The zero-order valence-corrected chi connectivity index (χ0v) is 11.6. The van der Waals surface area contributed by atoms with Gasteiger partial charge in [-0.25, -0.2) is 0 Å². The van der Waals surface area contributed by atoms with E-state index >= 15 is 0 Å². The average molecular weight is 267 g/mol. The molecule has 74 valence electrons. The number of hydrogen-bond donors (Lipinski definition) is 0. The Labute approximate surface area is 113 Å². The summed E-state index contributed by atoms with van der Waals surface area (Å²) in [6.07, 6.45) is 2.56. The second-order valence-electron chi connectivity index (χ2n) is 2.90. The van der Waals surface area contributed by atoms with Crippen LogP contribution in [0.4, 0.5) is 0 Å². The molecule has 0 radical (unpaired) electrons. The molecule has 2 rings (SSSR count). The van der Waals surface area contributed by atoms with Gasteiger partial charge in [0.25, 0.3) is 0 Å². The molecule has 1 aliphatic heterocycles. The number of ether oxygens (including phenoxy) is 1. The van der Waals surface area contributed by atoms with Crippen LogP contribution in [0.3, 0.4) is 0 Å². The third kappa shape index (κ3) is 9.00. The van der Waals surface area contributed by atoms with E-state index in [2.05, 4.69) is 13.0 Å². The third-order valence-corrected chi connectivity index (χ3v) is 1.71. The molecule has 0 unspecified atom stereocenters. The molecule has 3 heteroatoms. The van der Waals surface area contributed by atoms with Gasteiger partial charge in [0.15, 0.2) is 0 Å². The van der Waals surface area contributed by atoms with Crippen LogP contribution in [0.1, 0.15) is 18.4 Å². The molecule has 1 saturated heterocycles. The van der Waals surface area contributed by atoms with Gasteiger partial charge in [0.05, 0.1) is 0 Å². The molecule has 0 amide bonds. The Hall–Kier alpha value is 0.426. The minimum Gasteiger partial charge on any atom is -1.00 e. The van der Waals surface area contributed by atoms with E-state index in [1.807, 2.05) is 24.3 Å². The van der Waals surface area contributed by atoms with Gasteiger partial charge in [0.1, 0.15) is 0 Å². The predicted molar refractivity (Wildman–Crippen MR) is 55.8 cm³/mol. The van der Waals surface area contributed by atoms with Gasteiger partial charge in [-0.1, -0.05) is 6.92 Å². The summed E-state index contributed by atoms with van der Waals surface area (Å²) in [6.45, 7) is 4.06. The molecule has 0 saturated carbocycles. The number of hydrogen-bond acceptors (Lipinski definition) is 1. The molecule has 1 aliphatic rings. The Morgan fingerprint density at radius 3 is 1.86 bits per heavy atom. The fraction of sp³-hybridized carbons (Fsp3) is 0.455. The first-order valence-corrected chi connectivity index (χ1v) is 4.40. The van der Waals surface area contributed by atoms with Gasteiger partial charge in [-0.3, -0.25) is 0 Å². The van der Waals surface area contributed by atoms with Crippen molar-refractivity contribution in [2.24, 2.45) is 0 Å². The Morgan fingerprint density at radius 2 is 1.64 bits per heavy atom. The summed E-state index contributed by atoms with van der Waals surface area (Å²) in [5.41, 5.74) is 1.29. The van der Waals surface area contributed by atoms with E-state index in [0.717, 1.165) is 13.2 Å². The van der Waals surface area contributed by atoms with Crippen LogP contribution >= 0.6 is 0 Å². The van der Waals surface area contributed by atoms with Gasteiger partial charge in [-0.2, -0.15) is 35.9 Å². The topological polar surface area (TPSA) is 9.23 Å². The smallest absolute Gasteiger partial charge is 1.00 e. The summed E-state index contributed by atoms with van der Waals surface area (Å²) in [5, 5.41) is 0. The fourth-order valence-electron chi connectivity index (χ4n) is 0.981. The Bertz CT molecular complexity index is 192. The first-order chi connectivity index (χ1) is 5.89. The summed E-state index contributed by atoms with van der Waals surface area (Å²) in [6, 6.07) is 10.8. The molecule has 1 nitrogen and oxygen atoms in total. The molecule has 0 N–H and O–H groups in total. The van der Waals surface area contributed by atoms with Crippen molar-refractivity contribution in [1.29, 1.82) is 0 Å². The standard InChI is InChI=1S/C7H7.C4H8O.BrH.Mg/c1-7-5-3-2-4-6-7;1-2-4-5-3-1;;/h3-6H,1H3;1-4H2;1H;/q-1;;;+2/p-1. The van der Waals surface area contributed by atoms with E-state index in [0.29, 0.717) is 0 Å². The SMILES string of the molecule is C1CCOC1.Cc1cc[c-]cc1.[Br-].[Mg+2]. The van der Waals surface area contributed by atoms with Gasteiger partial charge >= 0.3 is 23.1 Å². The van der Waals surface area contributed by atoms with Crippen LogP contribution in [0.25, 0.3) is 0 Å². The van der Waals surface area contributed by atoms with Crippen molar-refractivity contribution in [3.05, 3.63) is 35.9 Å². The van der Waals surface area contributed by atoms with Crippen LogP contribution in [0, 0.1) is 13.0 Å². The zero-order valence-electron chi connectivity index (χ0n) is 8.63. The molecule has 14 heavy (non-hydrogen) atoms. The Kier molecular flexibility index (Phi) is 13.8. The van der Waals surface area contributed by atoms with E-state index in [1.54, 1.807) is 0 Å². The van der Waals surface area contributed by atoms with Gasteiger partial charge in [0, 0.05) is 13.2 Å². The fourth-order valence-corrected chi connectivity index (χ4v) is 0.981. The van der Waals surface area contributed by atoms with Crippen LogP contribution in [-0.4, -0.2) is 36.3 Å². The van der Waals surface area contributed by atoms with E-state index in [9.17, 15) is 0 Å². The first-order valence-electron chi connectivity index (χ1n) is 4.40. The van der Waals surface area contributed by atoms with Crippen LogP contribution < -0.4 is 17.0 Å². The monoisotopic (exact) mass is 266 g/mol. The van der Waals surface area contributed by atoms with E-state index in [4.69, 9.17) is 4.74 Å².